The number of nitrogens with two attached hydrogens (primary N) is 1. The molecule has 0 bridgehead atoms. The molecule has 0 unspecified atom stereocenters. The van der Waals surface area contributed by atoms with Gasteiger partial charge in [-0.15, -0.1) is 0 Å². The number of esters is 1. The molecule has 0 amide bonds. The Labute approximate surface area is 136 Å². The maximum atomic E-state index is 11.6. The van der Waals surface area contributed by atoms with E-state index >= 15 is 0 Å². The van der Waals surface area contributed by atoms with Crippen LogP contribution in [-0.4, -0.2) is 17.6 Å². The molecule has 130 valence electrons. The number of aromatic hydroxyl groups is 1. The Kier molecular flexibility index (Phi) is 9.79. The molecule has 0 saturated heterocycles. The summed E-state index contributed by atoms with van der Waals surface area (Å²) in [6, 6.07) is 1.12. The minimum absolute atomic E-state index is 0.0878. The van der Waals surface area contributed by atoms with Crippen molar-refractivity contribution in [1.82, 2.24) is 0 Å². The summed E-state index contributed by atoms with van der Waals surface area (Å²) in [5.41, 5.74) is 4.89. The Morgan fingerprint density at radius 2 is 1.70 bits per heavy atom. The van der Waals surface area contributed by atoms with Crippen LogP contribution < -0.4 is 11.2 Å². The second kappa shape index (κ2) is 11.7. The number of ether oxygens (including phenoxy) is 1. The van der Waals surface area contributed by atoms with Gasteiger partial charge >= 0.3 is 5.97 Å². The first-order chi connectivity index (χ1) is 11.1. The molecule has 1 rings (SSSR count). The van der Waals surface area contributed by atoms with E-state index in [0.29, 0.717) is 6.42 Å². The molecule has 1 aromatic rings. The van der Waals surface area contributed by atoms with Crippen molar-refractivity contribution in [2.45, 2.75) is 64.4 Å². The first kappa shape index (κ1) is 19.2. The van der Waals surface area contributed by atoms with Gasteiger partial charge < -0.3 is 20.0 Å². The van der Waals surface area contributed by atoms with Gasteiger partial charge in [-0.05, 0) is 19.4 Å². The predicted molar refractivity (Wildman–Crippen MR) is 87.0 cm³/mol. The van der Waals surface area contributed by atoms with Crippen molar-refractivity contribution in [1.29, 1.82) is 0 Å². The fourth-order valence-electron chi connectivity index (χ4n) is 2.22. The molecule has 0 spiro atoms. The summed E-state index contributed by atoms with van der Waals surface area (Å²) in [6.07, 6.45) is 10.2. The number of unbranched alkanes of at least 4 members (excludes halogenated alkanes) is 7. The third-order valence-electron chi connectivity index (χ3n) is 3.58. The maximum Gasteiger partial charge on any atom is 0.306 e. The van der Waals surface area contributed by atoms with E-state index in [2.05, 4.69) is 0 Å². The van der Waals surface area contributed by atoms with Crippen molar-refractivity contribution >= 4 is 5.97 Å². The van der Waals surface area contributed by atoms with Crippen molar-refractivity contribution in [2.24, 2.45) is 5.73 Å². The molecule has 0 fully saturated rings. The average Bonchev–Trinajstić information content (AvgIpc) is 2.54. The van der Waals surface area contributed by atoms with Crippen LogP contribution >= 0.6 is 0 Å². The van der Waals surface area contributed by atoms with E-state index in [4.69, 9.17) is 20.0 Å². The van der Waals surface area contributed by atoms with Gasteiger partial charge in [-0.2, -0.15) is 0 Å². The van der Waals surface area contributed by atoms with Crippen LogP contribution in [0.1, 0.15) is 63.5 Å². The lowest BCUT2D eigenvalue weighted by atomic mass is 10.1. The highest BCUT2D eigenvalue weighted by Gasteiger charge is 2.06. The van der Waals surface area contributed by atoms with Crippen molar-refractivity contribution in [2.75, 3.05) is 6.54 Å². The Hall–Kier alpha value is -1.82. The molecule has 3 N–H and O–H groups in total. The Balaban J connectivity index is 2.02. The zero-order chi connectivity index (χ0) is 16.9. The van der Waals surface area contributed by atoms with E-state index in [1.54, 1.807) is 0 Å². The first-order valence-electron chi connectivity index (χ1n) is 8.30. The van der Waals surface area contributed by atoms with Gasteiger partial charge in [0.15, 0.2) is 5.75 Å². The minimum atomic E-state index is -0.547. The molecule has 23 heavy (non-hydrogen) atoms. The van der Waals surface area contributed by atoms with Crippen molar-refractivity contribution in [3.8, 4) is 5.75 Å². The van der Waals surface area contributed by atoms with Crippen LogP contribution in [0.3, 0.4) is 0 Å². The van der Waals surface area contributed by atoms with Crippen LogP contribution in [0.5, 0.6) is 5.75 Å². The van der Waals surface area contributed by atoms with Gasteiger partial charge in [0.2, 0.25) is 5.43 Å². The monoisotopic (exact) mass is 325 g/mol. The van der Waals surface area contributed by atoms with Gasteiger partial charge in [0, 0.05) is 12.5 Å². The number of rotatable bonds is 12. The number of hydrogen-bond donors (Lipinski definition) is 2. The molecule has 0 saturated carbocycles. The van der Waals surface area contributed by atoms with Crippen LogP contribution in [0.25, 0.3) is 0 Å². The summed E-state index contributed by atoms with van der Waals surface area (Å²) in [4.78, 5) is 22.8. The van der Waals surface area contributed by atoms with Gasteiger partial charge in [0.1, 0.15) is 18.6 Å². The molecule has 0 aromatic carbocycles. The fourth-order valence-corrected chi connectivity index (χ4v) is 2.22. The van der Waals surface area contributed by atoms with Crippen LogP contribution in [0.4, 0.5) is 0 Å². The Morgan fingerprint density at radius 1 is 1.09 bits per heavy atom. The normalized spacial score (nSPS) is 10.7. The number of carbonyl (C=O) groups is 1. The zero-order valence-electron chi connectivity index (χ0n) is 13.6. The summed E-state index contributed by atoms with van der Waals surface area (Å²) in [5.74, 6) is -0.537. The molecular weight excluding hydrogens is 298 g/mol. The number of carbonyl (C=O) groups excluding carboxylic acids is 1. The average molecular weight is 325 g/mol. The third-order valence-corrected chi connectivity index (χ3v) is 3.58. The van der Waals surface area contributed by atoms with Crippen LogP contribution in [-0.2, 0) is 16.1 Å². The van der Waals surface area contributed by atoms with Gasteiger partial charge in [-0.3, -0.25) is 9.59 Å². The Morgan fingerprint density at radius 3 is 2.30 bits per heavy atom. The molecule has 0 aliphatic rings. The molecule has 1 heterocycles. The lowest BCUT2D eigenvalue weighted by Gasteiger charge is -2.04. The second-order valence-electron chi connectivity index (χ2n) is 5.62. The number of hydrogen-bond acceptors (Lipinski definition) is 6. The molecule has 6 nitrogen and oxygen atoms in total. The van der Waals surface area contributed by atoms with Crippen LogP contribution in [0.2, 0.25) is 0 Å². The zero-order valence-corrected chi connectivity index (χ0v) is 13.6. The Bertz CT molecular complexity index is 512. The fraction of sp³-hybridized carbons (Fsp3) is 0.647. The summed E-state index contributed by atoms with van der Waals surface area (Å²) in [7, 11) is 0. The van der Waals surface area contributed by atoms with Crippen LogP contribution in [0, 0.1) is 0 Å². The van der Waals surface area contributed by atoms with Crippen LogP contribution in [0.15, 0.2) is 21.5 Å². The van der Waals surface area contributed by atoms with Gasteiger partial charge in [-0.25, -0.2) is 0 Å². The second-order valence-corrected chi connectivity index (χ2v) is 5.62. The quantitative estimate of drug-likeness (QED) is 0.452. The van der Waals surface area contributed by atoms with E-state index in [-0.39, 0.29) is 18.3 Å². The molecule has 1 aromatic heterocycles. The lowest BCUT2D eigenvalue weighted by Crippen LogP contribution is -2.06. The predicted octanol–water partition coefficient (Wildman–Crippen LogP) is 2.86. The molecule has 0 radical (unpaired) electrons. The molecule has 0 atom stereocenters. The van der Waals surface area contributed by atoms with Crippen molar-refractivity contribution in [3.63, 3.8) is 0 Å². The SMILES string of the molecule is NCCCCCCCCCCC(=O)OCc1cc(=O)c(O)co1. The topological polar surface area (TPSA) is 103 Å². The van der Waals surface area contributed by atoms with E-state index in [9.17, 15) is 9.59 Å². The highest BCUT2D eigenvalue weighted by atomic mass is 16.5. The van der Waals surface area contributed by atoms with Crippen molar-refractivity contribution in [3.05, 3.63) is 28.3 Å². The van der Waals surface area contributed by atoms with E-state index in [1.165, 1.54) is 25.7 Å². The van der Waals surface area contributed by atoms with Gasteiger partial charge in [0.25, 0.3) is 0 Å². The lowest BCUT2D eigenvalue weighted by molar-refractivity contribution is -0.145. The molecule has 6 heteroatoms. The smallest absolute Gasteiger partial charge is 0.306 e. The minimum Gasteiger partial charge on any atom is -0.502 e. The third kappa shape index (κ3) is 9.03. The molecular formula is C17H27NO5. The standard InChI is InChI=1S/C17H27NO5/c18-10-8-6-4-2-1-3-5-7-9-17(21)23-12-14-11-15(19)16(20)13-22-14/h11,13,20H,1-10,12,18H2. The maximum absolute atomic E-state index is 11.6. The summed E-state index contributed by atoms with van der Waals surface area (Å²) in [5, 5.41) is 9.05. The van der Waals surface area contributed by atoms with Gasteiger partial charge in [-0.1, -0.05) is 38.5 Å². The van der Waals surface area contributed by atoms with E-state index in [1.807, 2.05) is 0 Å². The summed E-state index contributed by atoms with van der Waals surface area (Å²) < 4.78 is 9.98. The summed E-state index contributed by atoms with van der Waals surface area (Å²) in [6.45, 7) is 0.686. The highest BCUT2D eigenvalue weighted by molar-refractivity contribution is 5.69. The van der Waals surface area contributed by atoms with E-state index in [0.717, 1.165) is 44.6 Å². The summed E-state index contributed by atoms with van der Waals surface area (Å²) >= 11 is 0. The van der Waals surface area contributed by atoms with E-state index < -0.39 is 11.2 Å². The first-order valence-corrected chi connectivity index (χ1v) is 8.30. The van der Waals surface area contributed by atoms with Gasteiger partial charge in [0.05, 0.1) is 0 Å². The largest absolute Gasteiger partial charge is 0.502 e. The van der Waals surface area contributed by atoms with Crippen molar-refractivity contribution < 1.29 is 19.1 Å². The highest BCUT2D eigenvalue weighted by Crippen LogP contribution is 2.10. The molecule has 0 aliphatic carbocycles. The molecule has 0 aliphatic heterocycles.